The quantitative estimate of drug-likeness (QED) is 0.679. The van der Waals surface area contributed by atoms with Crippen molar-refractivity contribution in [1.82, 2.24) is 15.1 Å². The number of piperidine rings is 1. The summed E-state index contributed by atoms with van der Waals surface area (Å²) in [6, 6.07) is 8.03. The molecule has 5 rings (SSSR count). The van der Waals surface area contributed by atoms with E-state index < -0.39 is 0 Å². The Morgan fingerprint density at radius 1 is 1.16 bits per heavy atom. The fourth-order valence-electron chi connectivity index (χ4n) is 5.51. The maximum Gasteiger partial charge on any atom is 0.312 e. The molecule has 0 saturated carbocycles. The first-order chi connectivity index (χ1) is 15.5. The smallest absolute Gasteiger partial charge is 0.312 e. The van der Waals surface area contributed by atoms with Gasteiger partial charge in [0.15, 0.2) is 0 Å². The van der Waals surface area contributed by atoms with Crippen molar-refractivity contribution in [3.8, 4) is 0 Å². The molecule has 174 valence electrons. The number of ether oxygens (including phenoxy) is 1. The number of benzene rings is 1. The summed E-state index contributed by atoms with van der Waals surface area (Å²) in [6.45, 7) is 7.19. The van der Waals surface area contributed by atoms with Crippen LogP contribution in [0.1, 0.15) is 32.1 Å². The first kappa shape index (κ1) is 22.0. The van der Waals surface area contributed by atoms with Gasteiger partial charge in [-0.15, -0.1) is 0 Å². The molecule has 0 bridgehead atoms. The Morgan fingerprint density at radius 3 is 2.56 bits per heavy atom. The summed E-state index contributed by atoms with van der Waals surface area (Å²) in [7, 11) is 0. The van der Waals surface area contributed by atoms with Gasteiger partial charge in [0.05, 0.1) is 11.5 Å². The van der Waals surface area contributed by atoms with Crippen molar-refractivity contribution in [2.45, 2.75) is 44.2 Å². The molecule has 4 aliphatic heterocycles. The van der Waals surface area contributed by atoms with Crippen LogP contribution in [0, 0.1) is 5.41 Å². The van der Waals surface area contributed by atoms with Crippen LogP contribution < -0.4 is 10.2 Å². The van der Waals surface area contributed by atoms with Gasteiger partial charge in [-0.05, 0) is 50.4 Å². The molecule has 4 heterocycles. The third-order valence-corrected chi connectivity index (χ3v) is 8.03. The molecule has 32 heavy (non-hydrogen) atoms. The molecular formula is C24H33ClN4O3. The maximum atomic E-state index is 12.7. The highest BCUT2D eigenvalue weighted by molar-refractivity contribution is 6.30. The molecule has 1 N–H and O–H groups in total. The number of piperazine rings is 1. The number of carbonyl (C=O) groups excluding carboxylic acids is 2. The van der Waals surface area contributed by atoms with E-state index >= 15 is 0 Å². The SMILES string of the molecule is O=C([C@@H]1CCN1)N1CCC2(CC1)C[C@H](CCN1CCN(c3cccc(Cl)c3)CC1)OC2=O. The van der Waals surface area contributed by atoms with Gasteiger partial charge in [-0.25, -0.2) is 0 Å². The monoisotopic (exact) mass is 460 g/mol. The van der Waals surface area contributed by atoms with Gasteiger partial charge in [0.2, 0.25) is 5.91 Å². The van der Waals surface area contributed by atoms with Crippen molar-refractivity contribution < 1.29 is 14.3 Å². The zero-order valence-electron chi connectivity index (χ0n) is 18.6. The van der Waals surface area contributed by atoms with Gasteiger partial charge in [-0.3, -0.25) is 14.5 Å². The lowest BCUT2D eigenvalue weighted by atomic mass is 9.75. The number of anilines is 1. The third-order valence-electron chi connectivity index (χ3n) is 7.79. The van der Waals surface area contributed by atoms with Crippen LogP contribution in [0.5, 0.6) is 0 Å². The van der Waals surface area contributed by atoms with E-state index in [2.05, 4.69) is 21.2 Å². The zero-order chi connectivity index (χ0) is 22.1. The van der Waals surface area contributed by atoms with Gasteiger partial charge in [-0.2, -0.15) is 0 Å². The summed E-state index contributed by atoms with van der Waals surface area (Å²) < 4.78 is 5.82. The number of esters is 1. The van der Waals surface area contributed by atoms with Crippen molar-refractivity contribution >= 4 is 29.2 Å². The molecule has 0 radical (unpaired) electrons. The van der Waals surface area contributed by atoms with E-state index in [9.17, 15) is 9.59 Å². The summed E-state index contributed by atoms with van der Waals surface area (Å²) >= 11 is 6.13. The maximum absolute atomic E-state index is 12.7. The van der Waals surface area contributed by atoms with Gasteiger partial charge in [0.25, 0.3) is 0 Å². The van der Waals surface area contributed by atoms with Crippen LogP contribution in [-0.4, -0.2) is 86.2 Å². The number of cyclic esters (lactones) is 1. The second-order valence-corrected chi connectivity index (χ2v) is 10.2. The van der Waals surface area contributed by atoms with Crippen LogP contribution in [0.2, 0.25) is 5.02 Å². The Kier molecular flexibility index (Phi) is 6.32. The highest BCUT2D eigenvalue weighted by atomic mass is 35.5. The number of amides is 1. The average Bonchev–Trinajstić information content (AvgIpc) is 3.06. The molecule has 4 aliphatic rings. The number of rotatable bonds is 5. The largest absolute Gasteiger partial charge is 0.462 e. The first-order valence-electron chi connectivity index (χ1n) is 12.0. The summed E-state index contributed by atoms with van der Waals surface area (Å²) in [5.41, 5.74) is 0.807. The third kappa shape index (κ3) is 4.47. The number of carbonyl (C=O) groups is 2. The van der Waals surface area contributed by atoms with Crippen LogP contribution >= 0.6 is 11.6 Å². The Labute approximate surface area is 195 Å². The lowest BCUT2D eigenvalue weighted by molar-refractivity contribution is -0.153. The molecule has 4 fully saturated rings. The zero-order valence-corrected chi connectivity index (χ0v) is 19.4. The minimum Gasteiger partial charge on any atom is -0.462 e. The van der Waals surface area contributed by atoms with E-state index in [0.29, 0.717) is 13.1 Å². The summed E-state index contributed by atoms with van der Waals surface area (Å²) in [6.07, 6.45) is 4.09. The second-order valence-electron chi connectivity index (χ2n) is 9.73. The van der Waals surface area contributed by atoms with Gasteiger partial charge >= 0.3 is 5.97 Å². The lowest BCUT2D eigenvalue weighted by Crippen LogP contribution is -2.56. The Hall–Kier alpha value is -1.83. The average molecular weight is 461 g/mol. The van der Waals surface area contributed by atoms with E-state index in [-0.39, 0.29) is 29.4 Å². The first-order valence-corrected chi connectivity index (χ1v) is 12.4. The van der Waals surface area contributed by atoms with E-state index in [1.807, 2.05) is 23.1 Å². The molecule has 1 amide bonds. The van der Waals surface area contributed by atoms with Crippen molar-refractivity contribution in [3.05, 3.63) is 29.3 Å². The molecule has 1 aromatic carbocycles. The molecule has 1 spiro atoms. The van der Waals surface area contributed by atoms with E-state index in [4.69, 9.17) is 16.3 Å². The fraction of sp³-hybridized carbons (Fsp3) is 0.667. The number of nitrogens with zero attached hydrogens (tertiary/aromatic N) is 3. The number of halogens is 1. The number of hydrogen-bond donors (Lipinski definition) is 1. The lowest BCUT2D eigenvalue weighted by Gasteiger charge is -2.39. The van der Waals surface area contributed by atoms with Crippen molar-refractivity contribution in [3.63, 3.8) is 0 Å². The molecule has 4 saturated heterocycles. The summed E-state index contributed by atoms with van der Waals surface area (Å²) in [5.74, 6) is 0.160. The van der Waals surface area contributed by atoms with Gasteiger partial charge < -0.3 is 19.9 Å². The Morgan fingerprint density at radius 2 is 1.91 bits per heavy atom. The minimum atomic E-state index is -0.375. The van der Waals surface area contributed by atoms with Crippen molar-refractivity contribution in [2.75, 3.05) is 57.3 Å². The van der Waals surface area contributed by atoms with Crippen LogP contribution in [0.25, 0.3) is 0 Å². The predicted octanol–water partition coefficient (Wildman–Crippen LogP) is 2.14. The Balaban J connectivity index is 1.06. The fourth-order valence-corrected chi connectivity index (χ4v) is 5.70. The van der Waals surface area contributed by atoms with Crippen molar-refractivity contribution in [2.24, 2.45) is 5.41 Å². The second kappa shape index (κ2) is 9.20. The minimum absolute atomic E-state index is 0.00371. The van der Waals surface area contributed by atoms with Gasteiger partial charge in [-0.1, -0.05) is 17.7 Å². The van der Waals surface area contributed by atoms with Crippen LogP contribution in [0.3, 0.4) is 0 Å². The number of hydrogen-bond acceptors (Lipinski definition) is 6. The molecule has 0 aromatic heterocycles. The predicted molar refractivity (Wildman–Crippen MR) is 124 cm³/mol. The van der Waals surface area contributed by atoms with Crippen molar-refractivity contribution in [1.29, 1.82) is 0 Å². The topological polar surface area (TPSA) is 65.1 Å². The number of likely N-dealkylation sites (tertiary alicyclic amines) is 1. The molecule has 0 aliphatic carbocycles. The van der Waals surface area contributed by atoms with E-state index in [1.165, 1.54) is 5.69 Å². The standard InChI is InChI=1S/C24H33ClN4O3/c25-18-2-1-3-19(16-18)28-14-12-27(13-15-28)9-5-20-17-24(23(31)32-20)6-10-29(11-7-24)22(30)21-4-8-26-21/h1-3,16,20-21,26H,4-15,17H2/t20-,21-/m0/s1. The van der Waals surface area contributed by atoms with E-state index in [1.54, 1.807) is 0 Å². The van der Waals surface area contributed by atoms with Gasteiger partial charge in [0.1, 0.15) is 6.10 Å². The molecule has 7 nitrogen and oxygen atoms in total. The Bertz CT molecular complexity index is 845. The van der Waals surface area contributed by atoms with Crippen LogP contribution in [0.15, 0.2) is 24.3 Å². The van der Waals surface area contributed by atoms with Crippen LogP contribution in [0.4, 0.5) is 5.69 Å². The highest BCUT2D eigenvalue weighted by Crippen LogP contribution is 2.44. The molecule has 8 heteroatoms. The van der Waals surface area contributed by atoms with Gasteiger partial charge in [0, 0.05) is 62.9 Å². The molecule has 2 atom stereocenters. The normalized spacial score (nSPS) is 28.0. The number of nitrogens with one attached hydrogen (secondary N) is 1. The molecular weight excluding hydrogens is 428 g/mol. The van der Waals surface area contributed by atoms with E-state index in [0.717, 1.165) is 76.4 Å². The van der Waals surface area contributed by atoms with Crippen LogP contribution in [-0.2, 0) is 14.3 Å². The molecule has 0 unspecified atom stereocenters. The molecule has 1 aromatic rings. The summed E-state index contributed by atoms with van der Waals surface area (Å²) in [5, 5.41) is 3.96. The summed E-state index contributed by atoms with van der Waals surface area (Å²) in [4.78, 5) is 32.0. The highest BCUT2D eigenvalue weighted by Gasteiger charge is 2.51.